The number of halogens is 3. The Morgan fingerprint density at radius 1 is 1.27 bits per heavy atom. The SMILES string of the molecule is Cc1cc(O[C@@H](C)C(=O)N(Cc2c(F)cccc2Cl)[C@@H]2CCS(=O)(=O)C2)ccc1Cl. The molecule has 1 heterocycles. The van der Waals surface area contributed by atoms with Crippen molar-refractivity contribution >= 4 is 38.9 Å². The lowest BCUT2D eigenvalue weighted by Gasteiger charge is -2.31. The fourth-order valence-electron chi connectivity index (χ4n) is 3.44. The van der Waals surface area contributed by atoms with E-state index in [4.69, 9.17) is 27.9 Å². The van der Waals surface area contributed by atoms with Crippen molar-refractivity contribution in [1.82, 2.24) is 4.90 Å². The Morgan fingerprint density at radius 2 is 2.00 bits per heavy atom. The first kappa shape index (κ1) is 22.8. The maximum Gasteiger partial charge on any atom is 0.263 e. The maximum atomic E-state index is 14.4. The van der Waals surface area contributed by atoms with Crippen molar-refractivity contribution < 1.29 is 22.3 Å². The molecule has 2 aromatic carbocycles. The summed E-state index contributed by atoms with van der Waals surface area (Å²) >= 11 is 12.2. The van der Waals surface area contributed by atoms with Gasteiger partial charge in [0.15, 0.2) is 15.9 Å². The molecular formula is C21H22Cl2FNO4S. The highest BCUT2D eigenvalue weighted by Crippen LogP contribution is 2.27. The molecule has 0 spiro atoms. The number of benzene rings is 2. The van der Waals surface area contributed by atoms with E-state index in [9.17, 15) is 17.6 Å². The van der Waals surface area contributed by atoms with Crippen LogP contribution in [-0.4, -0.2) is 42.9 Å². The van der Waals surface area contributed by atoms with Crippen LogP contribution in [0.1, 0.15) is 24.5 Å². The first-order chi connectivity index (χ1) is 14.1. The molecule has 30 heavy (non-hydrogen) atoms. The van der Waals surface area contributed by atoms with Gasteiger partial charge >= 0.3 is 0 Å². The minimum atomic E-state index is -3.26. The standard InChI is InChI=1S/C21H22Cl2FNO4S/c1-13-10-16(6-7-18(13)22)29-14(2)21(26)25(15-8-9-30(27,28)12-15)11-17-19(23)4-3-5-20(17)24/h3-7,10,14-15H,8-9,11-12H2,1-2H3/t14-,15+/m0/s1. The van der Waals surface area contributed by atoms with Gasteiger partial charge in [-0.3, -0.25) is 4.79 Å². The highest BCUT2D eigenvalue weighted by molar-refractivity contribution is 7.91. The van der Waals surface area contributed by atoms with Gasteiger partial charge in [-0.25, -0.2) is 12.8 Å². The highest BCUT2D eigenvalue weighted by atomic mass is 35.5. The number of rotatable bonds is 6. The van der Waals surface area contributed by atoms with E-state index in [1.807, 2.05) is 6.92 Å². The molecule has 2 atom stereocenters. The van der Waals surface area contributed by atoms with Crippen LogP contribution in [0.25, 0.3) is 0 Å². The molecule has 0 unspecified atom stereocenters. The topological polar surface area (TPSA) is 63.7 Å². The van der Waals surface area contributed by atoms with Gasteiger partial charge in [0.2, 0.25) is 0 Å². The third-order valence-corrected chi connectivity index (χ3v) is 7.64. The van der Waals surface area contributed by atoms with Crippen LogP contribution in [0.15, 0.2) is 36.4 Å². The van der Waals surface area contributed by atoms with Crippen LogP contribution < -0.4 is 4.74 Å². The first-order valence-corrected chi connectivity index (χ1v) is 12.0. The number of carbonyl (C=O) groups excluding carboxylic acids is 1. The normalized spacial score (nSPS) is 18.8. The molecule has 0 radical (unpaired) electrons. The predicted octanol–water partition coefficient (Wildman–Crippen LogP) is 4.42. The van der Waals surface area contributed by atoms with Crippen LogP contribution in [-0.2, 0) is 21.2 Å². The summed E-state index contributed by atoms with van der Waals surface area (Å²) in [5, 5.41) is 0.754. The van der Waals surface area contributed by atoms with Crippen LogP contribution in [0.5, 0.6) is 5.75 Å². The Kier molecular flexibility index (Phi) is 6.95. The van der Waals surface area contributed by atoms with E-state index in [2.05, 4.69) is 0 Å². The number of nitrogens with zero attached hydrogens (tertiary/aromatic N) is 1. The minimum absolute atomic E-state index is 0.0158. The van der Waals surface area contributed by atoms with Crippen LogP contribution in [0.2, 0.25) is 10.0 Å². The Labute approximate surface area is 185 Å². The molecule has 1 saturated heterocycles. The van der Waals surface area contributed by atoms with Gasteiger partial charge in [0.1, 0.15) is 11.6 Å². The molecular weight excluding hydrogens is 452 g/mol. The van der Waals surface area contributed by atoms with Crippen molar-refractivity contribution in [3.8, 4) is 5.75 Å². The van der Waals surface area contributed by atoms with Gasteiger partial charge in [-0.05, 0) is 56.2 Å². The van der Waals surface area contributed by atoms with E-state index in [-0.39, 0.29) is 35.1 Å². The number of hydrogen-bond donors (Lipinski definition) is 0. The zero-order chi connectivity index (χ0) is 22.1. The average molecular weight is 474 g/mol. The quantitative estimate of drug-likeness (QED) is 0.622. The van der Waals surface area contributed by atoms with E-state index in [1.54, 1.807) is 25.1 Å². The Hall–Kier alpha value is -1.83. The molecule has 0 saturated carbocycles. The Morgan fingerprint density at radius 3 is 2.60 bits per heavy atom. The molecule has 3 rings (SSSR count). The number of ether oxygens (including phenoxy) is 1. The van der Waals surface area contributed by atoms with Crippen LogP contribution in [0, 0.1) is 12.7 Å². The molecule has 1 aliphatic rings. The van der Waals surface area contributed by atoms with Gasteiger partial charge in [0.05, 0.1) is 18.1 Å². The predicted molar refractivity (Wildman–Crippen MR) is 115 cm³/mol. The summed E-state index contributed by atoms with van der Waals surface area (Å²) in [7, 11) is -3.26. The highest BCUT2D eigenvalue weighted by Gasteiger charge is 2.37. The molecule has 0 aromatic heterocycles. The third-order valence-electron chi connectivity index (χ3n) is 5.11. The molecule has 0 bridgehead atoms. The molecule has 2 aromatic rings. The van der Waals surface area contributed by atoms with Crippen molar-refractivity contribution in [2.75, 3.05) is 11.5 Å². The van der Waals surface area contributed by atoms with Gasteiger partial charge in [-0.1, -0.05) is 29.3 Å². The smallest absolute Gasteiger partial charge is 0.263 e. The van der Waals surface area contributed by atoms with Gasteiger partial charge in [-0.2, -0.15) is 0 Å². The summed E-state index contributed by atoms with van der Waals surface area (Å²) in [5.74, 6) is -0.719. The van der Waals surface area contributed by atoms with Crippen molar-refractivity contribution in [2.24, 2.45) is 0 Å². The summed E-state index contributed by atoms with van der Waals surface area (Å²) < 4.78 is 44.1. The number of carbonyl (C=O) groups is 1. The van der Waals surface area contributed by atoms with Crippen molar-refractivity contribution in [3.63, 3.8) is 0 Å². The molecule has 162 valence electrons. The first-order valence-electron chi connectivity index (χ1n) is 9.44. The van der Waals surface area contributed by atoms with E-state index >= 15 is 0 Å². The zero-order valence-corrected chi connectivity index (χ0v) is 18.9. The van der Waals surface area contributed by atoms with E-state index in [1.165, 1.54) is 23.1 Å². The second kappa shape index (κ2) is 9.12. The summed E-state index contributed by atoms with van der Waals surface area (Å²) in [5.41, 5.74) is 0.942. The molecule has 1 aliphatic heterocycles. The van der Waals surface area contributed by atoms with Crippen molar-refractivity contribution in [2.45, 2.75) is 39.0 Å². The number of aryl methyl sites for hydroxylation is 1. The fourth-order valence-corrected chi connectivity index (χ4v) is 5.51. The second-order valence-electron chi connectivity index (χ2n) is 7.39. The number of sulfone groups is 1. The lowest BCUT2D eigenvalue weighted by molar-refractivity contribution is -0.140. The van der Waals surface area contributed by atoms with Gasteiger partial charge < -0.3 is 9.64 Å². The van der Waals surface area contributed by atoms with Crippen molar-refractivity contribution in [3.05, 3.63) is 63.4 Å². The molecule has 5 nitrogen and oxygen atoms in total. The van der Waals surface area contributed by atoms with E-state index < -0.39 is 33.7 Å². The summed E-state index contributed by atoms with van der Waals surface area (Å²) in [6.45, 7) is 3.25. The molecule has 9 heteroatoms. The summed E-state index contributed by atoms with van der Waals surface area (Å²) in [6, 6.07) is 8.72. The minimum Gasteiger partial charge on any atom is -0.481 e. The fraction of sp³-hybridized carbons (Fsp3) is 0.381. The zero-order valence-electron chi connectivity index (χ0n) is 16.6. The molecule has 0 aliphatic carbocycles. The van der Waals surface area contributed by atoms with Gasteiger partial charge in [0, 0.05) is 21.7 Å². The van der Waals surface area contributed by atoms with E-state index in [0.717, 1.165) is 5.56 Å². The largest absolute Gasteiger partial charge is 0.481 e. The van der Waals surface area contributed by atoms with Crippen LogP contribution in [0.4, 0.5) is 4.39 Å². The molecule has 1 amide bonds. The Balaban J connectivity index is 1.86. The second-order valence-corrected chi connectivity index (χ2v) is 10.4. The van der Waals surface area contributed by atoms with Crippen molar-refractivity contribution in [1.29, 1.82) is 0 Å². The Bertz CT molecular complexity index is 1040. The molecule has 1 fully saturated rings. The van der Waals surface area contributed by atoms with Gasteiger partial charge in [0.25, 0.3) is 5.91 Å². The molecule has 0 N–H and O–H groups in total. The number of amides is 1. The van der Waals surface area contributed by atoms with Crippen LogP contribution >= 0.6 is 23.2 Å². The number of hydrogen-bond acceptors (Lipinski definition) is 4. The summed E-state index contributed by atoms with van der Waals surface area (Å²) in [4.78, 5) is 14.6. The van der Waals surface area contributed by atoms with Crippen LogP contribution in [0.3, 0.4) is 0 Å². The monoisotopic (exact) mass is 473 g/mol. The third kappa shape index (κ3) is 5.25. The van der Waals surface area contributed by atoms with E-state index in [0.29, 0.717) is 10.8 Å². The maximum absolute atomic E-state index is 14.4. The summed E-state index contributed by atoms with van der Waals surface area (Å²) in [6.07, 6.45) is -0.633. The van der Waals surface area contributed by atoms with Gasteiger partial charge in [-0.15, -0.1) is 0 Å². The average Bonchev–Trinajstić information content (AvgIpc) is 3.03. The lowest BCUT2D eigenvalue weighted by Crippen LogP contribution is -2.46. The lowest BCUT2D eigenvalue weighted by atomic mass is 10.1.